The summed E-state index contributed by atoms with van der Waals surface area (Å²) in [6, 6.07) is 3.84. The molecule has 2 heterocycles. The fourth-order valence-electron chi connectivity index (χ4n) is 4.41. The van der Waals surface area contributed by atoms with Gasteiger partial charge in [-0.2, -0.15) is 0 Å². The zero-order valence-electron chi connectivity index (χ0n) is 16.7. The highest BCUT2D eigenvalue weighted by atomic mass is 16.2. The van der Waals surface area contributed by atoms with E-state index >= 15 is 0 Å². The predicted octanol–water partition coefficient (Wildman–Crippen LogP) is 1.99. The smallest absolute Gasteiger partial charge is 0.229 e. The number of hydrogen-bond acceptors (Lipinski definition) is 5. The Kier molecular flexibility index (Phi) is 5.27. The van der Waals surface area contributed by atoms with E-state index in [9.17, 15) is 9.59 Å². The van der Waals surface area contributed by atoms with Crippen molar-refractivity contribution >= 4 is 23.3 Å². The van der Waals surface area contributed by atoms with E-state index in [4.69, 9.17) is 5.73 Å². The van der Waals surface area contributed by atoms with Crippen LogP contribution in [-0.2, 0) is 9.59 Å². The maximum Gasteiger partial charge on any atom is 0.229 e. The molecule has 0 bridgehead atoms. The second kappa shape index (κ2) is 7.70. The Labute approximate surface area is 166 Å². The number of rotatable bonds is 4. The van der Waals surface area contributed by atoms with Crippen molar-refractivity contribution in [3.63, 3.8) is 0 Å². The summed E-state index contributed by atoms with van der Waals surface area (Å²) in [5.74, 6) is 1.33. The molecule has 2 unspecified atom stereocenters. The number of hydrogen-bond donors (Lipinski definition) is 2. The van der Waals surface area contributed by atoms with Crippen LogP contribution in [0.2, 0.25) is 0 Å². The van der Waals surface area contributed by atoms with Crippen LogP contribution in [0.5, 0.6) is 0 Å². The van der Waals surface area contributed by atoms with Gasteiger partial charge in [0.2, 0.25) is 11.8 Å². The number of pyridine rings is 1. The van der Waals surface area contributed by atoms with E-state index in [0.29, 0.717) is 11.6 Å². The van der Waals surface area contributed by atoms with E-state index in [1.807, 2.05) is 24.0 Å². The summed E-state index contributed by atoms with van der Waals surface area (Å²) in [4.78, 5) is 33.5. The van der Waals surface area contributed by atoms with Crippen molar-refractivity contribution in [2.45, 2.75) is 51.0 Å². The molecule has 1 saturated heterocycles. The van der Waals surface area contributed by atoms with Crippen LogP contribution in [0.25, 0.3) is 0 Å². The molecule has 0 aromatic carbocycles. The minimum Gasteiger partial charge on any atom is -0.353 e. The topological polar surface area (TPSA) is 91.6 Å². The lowest BCUT2D eigenvalue weighted by Gasteiger charge is -2.37. The summed E-state index contributed by atoms with van der Waals surface area (Å²) in [7, 11) is 0. The molecule has 7 heteroatoms. The number of nitrogens with zero attached hydrogens (tertiary/aromatic N) is 3. The van der Waals surface area contributed by atoms with Gasteiger partial charge in [0.05, 0.1) is 17.8 Å². The number of carbonyl (C=O) groups excluding carboxylic acids is 2. The van der Waals surface area contributed by atoms with Crippen molar-refractivity contribution in [2.24, 2.45) is 17.6 Å². The average Bonchev–Trinajstić information content (AvgIpc) is 3.53. The van der Waals surface area contributed by atoms with Gasteiger partial charge in [-0.25, -0.2) is 4.98 Å². The van der Waals surface area contributed by atoms with E-state index in [1.54, 1.807) is 6.20 Å². The first kappa shape index (κ1) is 19.2. The van der Waals surface area contributed by atoms with Crippen LogP contribution in [0, 0.1) is 11.8 Å². The maximum absolute atomic E-state index is 12.7. The molecular formula is C21H31N5O2. The van der Waals surface area contributed by atoms with Gasteiger partial charge in [0.25, 0.3) is 0 Å². The lowest BCUT2D eigenvalue weighted by molar-refractivity contribution is -0.132. The Balaban J connectivity index is 1.31. The van der Waals surface area contributed by atoms with Gasteiger partial charge < -0.3 is 20.9 Å². The molecule has 3 N–H and O–H groups in total. The minimum absolute atomic E-state index is 0.00791. The SMILES string of the molecule is CC1(N)CCCCC1C(=O)Nc1ccc(N2CCN(C(=O)C3CC3)CC2)nc1. The normalized spacial score (nSPS) is 28.1. The zero-order valence-corrected chi connectivity index (χ0v) is 16.7. The van der Waals surface area contributed by atoms with Crippen LogP contribution in [0.4, 0.5) is 11.5 Å². The zero-order chi connectivity index (χ0) is 19.7. The Morgan fingerprint density at radius 3 is 2.50 bits per heavy atom. The van der Waals surface area contributed by atoms with Crippen LogP contribution in [0.3, 0.4) is 0 Å². The maximum atomic E-state index is 12.7. The molecule has 28 heavy (non-hydrogen) atoms. The monoisotopic (exact) mass is 385 g/mol. The van der Waals surface area contributed by atoms with Gasteiger partial charge in [-0.3, -0.25) is 9.59 Å². The van der Waals surface area contributed by atoms with Crippen molar-refractivity contribution < 1.29 is 9.59 Å². The Hall–Kier alpha value is -2.15. The Morgan fingerprint density at radius 1 is 1.14 bits per heavy atom. The average molecular weight is 386 g/mol. The lowest BCUT2D eigenvalue weighted by Crippen LogP contribution is -2.51. The van der Waals surface area contributed by atoms with Crippen molar-refractivity contribution in [3.8, 4) is 0 Å². The third-order valence-electron chi connectivity index (χ3n) is 6.43. The number of aromatic nitrogens is 1. The summed E-state index contributed by atoms with van der Waals surface area (Å²) in [5.41, 5.74) is 6.61. The van der Waals surface area contributed by atoms with Crippen molar-refractivity contribution in [1.82, 2.24) is 9.88 Å². The molecule has 0 spiro atoms. The van der Waals surface area contributed by atoms with E-state index in [0.717, 1.165) is 70.5 Å². The molecule has 4 rings (SSSR count). The van der Waals surface area contributed by atoms with E-state index < -0.39 is 5.54 Å². The third-order valence-corrected chi connectivity index (χ3v) is 6.43. The highest BCUT2D eigenvalue weighted by molar-refractivity contribution is 5.93. The molecule has 1 aromatic rings. The largest absolute Gasteiger partial charge is 0.353 e. The highest BCUT2D eigenvalue weighted by Gasteiger charge is 2.38. The Bertz CT molecular complexity index is 721. The predicted molar refractivity (Wildman–Crippen MR) is 109 cm³/mol. The molecule has 2 atom stereocenters. The number of nitrogens with one attached hydrogen (secondary N) is 1. The highest BCUT2D eigenvalue weighted by Crippen LogP contribution is 2.33. The second-order valence-electron chi connectivity index (χ2n) is 8.79. The van der Waals surface area contributed by atoms with Gasteiger partial charge in [-0.1, -0.05) is 12.8 Å². The van der Waals surface area contributed by atoms with Gasteiger partial charge in [-0.05, 0) is 44.7 Å². The van der Waals surface area contributed by atoms with E-state index in [1.165, 1.54) is 0 Å². The summed E-state index contributed by atoms with van der Waals surface area (Å²) < 4.78 is 0. The number of piperazine rings is 1. The molecule has 0 radical (unpaired) electrons. The molecule has 1 aromatic heterocycles. The van der Waals surface area contributed by atoms with Gasteiger partial charge in [0, 0.05) is 37.6 Å². The van der Waals surface area contributed by atoms with Crippen molar-refractivity contribution in [1.29, 1.82) is 0 Å². The fraction of sp³-hybridized carbons (Fsp3) is 0.667. The van der Waals surface area contributed by atoms with E-state index in [2.05, 4.69) is 15.2 Å². The van der Waals surface area contributed by atoms with Gasteiger partial charge in [0.1, 0.15) is 5.82 Å². The molecule has 3 aliphatic rings. The third kappa shape index (κ3) is 4.14. The Morgan fingerprint density at radius 2 is 1.89 bits per heavy atom. The number of carbonyl (C=O) groups is 2. The van der Waals surface area contributed by atoms with Crippen LogP contribution >= 0.6 is 0 Å². The molecule has 7 nitrogen and oxygen atoms in total. The number of anilines is 2. The summed E-state index contributed by atoms with van der Waals surface area (Å²) in [6.07, 6.45) is 7.69. The standard InChI is InChI=1S/C21H31N5O2/c1-21(22)9-3-2-4-17(21)19(27)24-16-7-8-18(23-14-16)25-10-12-26(13-11-25)20(28)15-5-6-15/h7-8,14-15,17H,2-6,9-13,22H2,1H3,(H,24,27). The minimum atomic E-state index is -0.437. The summed E-state index contributed by atoms with van der Waals surface area (Å²) >= 11 is 0. The molecule has 2 saturated carbocycles. The first-order valence-electron chi connectivity index (χ1n) is 10.5. The van der Waals surface area contributed by atoms with Crippen LogP contribution < -0.4 is 16.0 Å². The van der Waals surface area contributed by atoms with Crippen LogP contribution in [-0.4, -0.2) is 53.4 Å². The van der Waals surface area contributed by atoms with Crippen molar-refractivity contribution in [2.75, 3.05) is 36.4 Å². The van der Waals surface area contributed by atoms with Gasteiger partial charge in [0.15, 0.2) is 0 Å². The van der Waals surface area contributed by atoms with Crippen LogP contribution in [0.15, 0.2) is 18.3 Å². The van der Waals surface area contributed by atoms with Crippen LogP contribution in [0.1, 0.15) is 45.4 Å². The van der Waals surface area contributed by atoms with Crippen molar-refractivity contribution in [3.05, 3.63) is 18.3 Å². The summed E-state index contributed by atoms with van der Waals surface area (Å²) in [6.45, 7) is 5.08. The quantitative estimate of drug-likeness (QED) is 0.827. The number of amides is 2. The molecule has 152 valence electrons. The molecule has 2 amide bonds. The van der Waals surface area contributed by atoms with Gasteiger partial charge in [-0.15, -0.1) is 0 Å². The molecule has 1 aliphatic heterocycles. The summed E-state index contributed by atoms with van der Waals surface area (Å²) in [5, 5.41) is 2.99. The molecule has 2 aliphatic carbocycles. The molecular weight excluding hydrogens is 354 g/mol. The number of nitrogens with two attached hydrogens (primary N) is 1. The van der Waals surface area contributed by atoms with Gasteiger partial charge >= 0.3 is 0 Å². The first-order chi connectivity index (χ1) is 13.4. The first-order valence-corrected chi connectivity index (χ1v) is 10.5. The molecule has 3 fully saturated rings. The second-order valence-corrected chi connectivity index (χ2v) is 8.79. The van der Waals surface area contributed by atoms with E-state index in [-0.39, 0.29) is 17.7 Å². The lowest BCUT2D eigenvalue weighted by atomic mass is 9.74. The fourth-order valence-corrected chi connectivity index (χ4v) is 4.41.